The lowest BCUT2D eigenvalue weighted by atomic mass is 9.97. The lowest BCUT2D eigenvalue weighted by Gasteiger charge is -2.20. The minimum atomic E-state index is -0.00764. The van der Waals surface area contributed by atoms with Gasteiger partial charge in [-0.2, -0.15) is 0 Å². The van der Waals surface area contributed by atoms with E-state index in [1.165, 1.54) is 11.3 Å². The van der Waals surface area contributed by atoms with E-state index in [9.17, 15) is 4.79 Å². The maximum absolute atomic E-state index is 12.2. The first kappa shape index (κ1) is 17.0. The third kappa shape index (κ3) is 2.95. The molecular weight excluding hydrogens is 348 g/mol. The summed E-state index contributed by atoms with van der Waals surface area (Å²) >= 11 is 1.52. The fourth-order valence-electron chi connectivity index (χ4n) is 3.34. The molecule has 8 heteroatoms. The van der Waals surface area contributed by atoms with Crippen molar-refractivity contribution in [1.82, 2.24) is 24.6 Å². The summed E-state index contributed by atoms with van der Waals surface area (Å²) in [7, 11) is 3.51. The molecule has 0 saturated carbocycles. The zero-order valence-corrected chi connectivity index (χ0v) is 15.7. The van der Waals surface area contributed by atoms with Gasteiger partial charge in [0.2, 0.25) is 0 Å². The minimum absolute atomic E-state index is 0.00764. The van der Waals surface area contributed by atoms with Crippen molar-refractivity contribution in [3.63, 3.8) is 0 Å². The molecule has 26 heavy (non-hydrogen) atoms. The van der Waals surface area contributed by atoms with Crippen LogP contribution in [-0.2, 0) is 0 Å². The number of imidazole rings is 1. The van der Waals surface area contributed by atoms with Crippen molar-refractivity contribution < 1.29 is 4.79 Å². The highest BCUT2D eigenvalue weighted by atomic mass is 32.1. The molecule has 4 heterocycles. The van der Waals surface area contributed by atoms with E-state index >= 15 is 0 Å². The third-order valence-electron chi connectivity index (χ3n) is 4.76. The third-order valence-corrected chi connectivity index (χ3v) is 5.71. The highest BCUT2D eigenvalue weighted by Crippen LogP contribution is 2.31. The standard InChI is InChI=1S/C18H22N6OS/c1-23(2)18(25)12-6-15(26-10-12)14-8-21-16(19)17-22-13(9-24(14)17)11-4-3-5-20-7-11/h6,8-11,20H,3-5,7H2,1-2H3,(H2,19,21)/t11-/m0/s1. The number of nitrogens with one attached hydrogen (secondary N) is 1. The summed E-state index contributed by atoms with van der Waals surface area (Å²) in [4.78, 5) is 23.8. The molecule has 3 N–H and O–H groups in total. The zero-order chi connectivity index (χ0) is 18.3. The summed E-state index contributed by atoms with van der Waals surface area (Å²) in [5.41, 5.74) is 9.37. The number of amides is 1. The second-order valence-electron chi connectivity index (χ2n) is 6.83. The van der Waals surface area contributed by atoms with Crippen molar-refractivity contribution >= 4 is 28.7 Å². The predicted octanol–water partition coefficient (Wildman–Crippen LogP) is 2.21. The smallest absolute Gasteiger partial charge is 0.254 e. The number of nitrogens with zero attached hydrogens (tertiary/aromatic N) is 4. The van der Waals surface area contributed by atoms with Gasteiger partial charge in [-0.3, -0.25) is 9.20 Å². The van der Waals surface area contributed by atoms with Crippen LogP contribution in [-0.4, -0.2) is 52.4 Å². The quantitative estimate of drug-likeness (QED) is 0.738. The maximum Gasteiger partial charge on any atom is 0.254 e. The van der Waals surface area contributed by atoms with E-state index in [2.05, 4.69) is 16.5 Å². The molecule has 1 atom stereocenters. The fraction of sp³-hybridized carbons (Fsp3) is 0.389. The van der Waals surface area contributed by atoms with Gasteiger partial charge in [0.15, 0.2) is 11.5 Å². The molecule has 3 aromatic rings. The van der Waals surface area contributed by atoms with Crippen molar-refractivity contribution in [3.8, 4) is 10.6 Å². The summed E-state index contributed by atoms with van der Waals surface area (Å²) in [5, 5.41) is 5.31. The Hall–Kier alpha value is -2.45. The Labute approximate surface area is 155 Å². The number of carbonyl (C=O) groups excluding carboxylic acids is 1. The summed E-state index contributed by atoms with van der Waals surface area (Å²) in [5.74, 6) is 0.807. The molecule has 0 radical (unpaired) electrons. The van der Waals surface area contributed by atoms with Gasteiger partial charge in [-0.1, -0.05) is 0 Å². The summed E-state index contributed by atoms with van der Waals surface area (Å²) in [6.45, 7) is 2.00. The van der Waals surface area contributed by atoms with Gasteiger partial charge in [0.25, 0.3) is 5.91 Å². The lowest BCUT2D eigenvalue weighted by Crippen LogP contribution is -2.28. The molecule has 0 aromatic carbocycles. The minimum Gasteiger partial charge on any atom is -0.381 e. The number of piperidine rings is 1. The Morgan fingerprint density at radius 3 is 3.04 bits per heavy atom. The average Bonchev–Trinajstić information content (AvgIpc) is 3.30. The van der Waals surface area contributed by atoms with Crippen LogP contribution in [0.15, 0.2) is 23.8 Å². The fourth-order valence-corrected chi connectivity index (χ4v) is 4.23. The second kappa shape index (κ2) is 6.69. The number of nitrogens with two attached hydrogens (primary N) is 1. The molecule has 1 amide bonds. The van der Waals surface area contributed by atoms with Crippen LogP contribution in [0.3, 0.4) is 0 Å². The first-order chi connectivity index (χ1) is 12.5. The number of hydrogen-bond acceptors (Lipinski definition) is 6. The molecule has 7 nitrogen and oxygen atoms in total. The molecule has 0 spiro atoms. The SMILES string of the molecule is CN(C)C(=O)c1csc(-c2cnc(N)c3nc([C@H]4CCCNC4)cn23)c1. The lowest BCUT2D eigenvalue weighted by molar-refractivity contribution is 0.0828. The number of hydrogen-bond donors (Lipinski definition) is 2. The molecule has 1 aliphatic rings. The normalized spacial score (nSPS) is 17.5. The zero-order valence-electron chi connectivity index (χ0n) is 14.9. The topological polar surface area (TPSA) is 88.5 Å². The summed E-state index contributed by atoms with van der Waals surface area (Å²) < 4.78 is 2.00. The van der Waals surface area contributed by atoms with Gasteiger partial charge < -0.3 is 16.0 Å². The number of aromatic nitrogens is 3. The first-order valence-electron chi connectivity index (χ1n) is 8.69. The molecular formula is C18H22N6OS. The van der Waals surface area contributed by atoms with Crippen LogP contribution in [0, 0.1) is 0 Å². The van der Waals surface area contributed by atoms with E-state index in [1.807, 2.05) is 15.8 Å². The van der Waals surface area contributed by atoms with Gasteiger partial charge in [-0.15, -0.1) is 11.3 Å². The number of fused-ring (bicyclic) bond motifs is 1. The number of nitrogen functional groups attached to an aromatic ring is 1. The van der Waals surface area contributed by atoms with Crippen LogP contribution in [0.2, 0.25) is 0 Å². The van der Waals surface area contributed by atoms with Crippen LogP contribution < -0.4 is 11.1 Å². The van der Waals surface area contributed by atoms with Crippen molar-refractivity contribution in [3.05, 3.63) is 35.1 Å². The van der Waals surface area contributed by atoms with Crippen LogP contribution in [0.1, 0.15) is 34.8 Å². The molecule has 0 unspecified atom stereocenters. The highest BCUT2D eigenvalue weighted by Gasteiger charge is 2.21. The van der Waals surface area contributed by atoms with Gasteiger partial charge in [0.1, 0.15) is 0 Å². The van der Waals surface area contributed by atoms with Crippen LogP contribution in [0.4, 0.5) is 5.82 Å². The highest BCUT2D eigenvalue weighted by molar-refractivity contribution is 7.13. The number of anilines is 1. The summed E-state index contributed by atoms with van der Waals surface area (Å²) in [6, 6.07) is 1.90. The second-order valence-corrected chi connectivity index (χ2v) is 7.74. The van der Waals surface area contributed by atoms with Crippen molar-refractivity contribution in [2.45, 2.75) is 18.8 Å². The average molecular weight is 370 g/mol. The first-order valence-corrected chi connectivity index (χ1v) is 9.57. The van der Waals surface area contributed by atoms with Gasteiger partial charge in [0.05, 0.1) is 28.0 Å². The molecule has 0 aliphatic carbocycles. The Kier molecular flexibility index (Phi) is 4.37. The Morgan fingerprint density at radius 2 is 2.31 bits per heavy atom. The predicted molar refractivity (Wildman–Crippen MR) is 104 cm³/mol. The number of thiophene rings is 1. The van der Waals surface area contributed by atoms with E-state index in [1.54, 1.807) is 25.2 Å². The van der Waals surface area contributed by atoms with Gasteiger partial charge in [-0.05, 0) is 25.5 Å². The van der Waals surface area contributed by atoms with Gasteiger partial charge in [-0.25, -0.2) is 9.97 Å². The molecule has 1 aliphatic heterocycles. The molecule has 4 rings (SSSR count). The van der Waals surface area contributed by atoms with E-state index in [0.717, 1.165) is 42.2 Å². The number of rotatable bonds is 3. The molecule has 0 bridgehead atoms. The molecule has 1 fully saturated rings. The van der Waals surface area contributed by atoms with Crippen LogP contribution in [0.5, 0.6) is 0 Å². The van der Waals surface area contributed by atoms with Gasteiger partial charge in [0, 0.05) is 38.1 Å². The molecule has 136 valence electrons. The van der Waals surface area contributed by atoms with E-state index in [-0.39, 0.29) is 5.91 Å². The van der Waals surface area contributed by atoms with E-state index < -0.39 is 0 Å². The maximum atomic E-state index is 12.2. The van der Waals surface area contributed by atoms with E-state index in [4.69, 9.17) is 10.7 Å². The Morgan fingerprint density at radius 1 is 1.46 bits per heavy atom. The van der Waals surface area contributed by atoms with Crippen molar-refractivity contribution in [2.75, 3.05) is 32.9 Å². The Balaban J connectivity index is 1.77. The van der Waals surface area contributed by atoms with Crippen molar-refractivity contribution in [1.29, 1.82) is 0 Å². The van der Waals surface area contributed by atoms with Crippen LogP contribution >= 0.6 is 11.3 Å². The van der Waals surface area contributed by atoms with E-state index in [0.29, 0.717) is 22.9 Å². The number of carbonyl (C=O) groups is 1. The molecule has 3 aromatic heterocycles. The van der Waals surface area contributed by atoms with Crippen molar-refractivity contribution in [2.24, 2.45) is 0 Å². The Bertz CT molecular complexity index is 954. The largest absolute Gasteiger partial charge is 0.381 e. The van der Waals surface area contributed by atoms with Crippen LogP contribution in [0.25, 0.3) is 16.2 Å². The monoisotopic (exact) mass is 370 g/mol. The van der Waals surface area contributed by atoms with Gasteiger partial charge >= 0.3 is 0 Å². The summed E-state index contributed by atoms with van der Waals surface area (Å²) in [6.07, 6.45) is 6.09. The molecule has 1 saturated heterocycles.